The zero-order valence-corrected chi connectivity index (χ0v) is 12.3. The molecule has 0 amide bonds. The number of ether oxygens (including phenoxy) is 1. The number of hydrogen-bond donors (Lipinski definition) is 0. The number of hydrogen-bond acceptors (Lipinski definition) is 6. The average Bonchev–Trinajstić information content (AvgIpc) is 2.86. The highest BCUT2D eigenvalue weighted by Crippen LogP contribution is 2.23. The van der Waals surface area contributed by atoms with Crippen LogP contribution in [0.1, 0.15) is 5.56 Å². The lowest BCUT2D eigenvalue weighted by molar-refractivity contribution is 0.303. The Bertz CT molecular complexity index is 845. The topological polar surface area (TPSA) is 87.7 Å². The smallest absolute Gasteiger partial charge is 0.368 e. The number of benzene rings is 1. The predicted molar refractivity (Wildman–Crippen MR) is 78.0 cm³/mol. The number of aromatic nitrogens is 6. The molecule has 0 spiro atoms. The molecule has 0 aliphatic heterocycles. The van der Waals surface area contributed by atoms with Gasteiger partial charge < -0.3 is 4.74 Å². The molecule has 2 aromatic heterocycles. The fourth-order valence-electron chi connectivity index (χ4n) is 1.87. The first-order chi connectivity index (χ1) is 10.7. The van der Waals surface area contributed by atoms with Crippen molar-refractivity contribution in [2.45, 2.75) is 6.61 Å². The minimum absolute atomic E-state index is 0.156. The van der Waals surface area contributed by atoms with Crippen LogP contribution in [0.4, 0.5) is 0 Å². The molecule has 9 heteroatoms. The number of aryl methyl sites for hydroxylation is 1. The molecule has 0 radical (unpaired) electrons. The number of tetrazole rings is 1. The van der Waals surface area contributed by atoms with Gasteiger partial charge in [0.05, 0.1) is 18.1 Å². The van der Waals surface area contributed by atoms with Crippen molar-refractivity contribution >= 4 is 11.6 Å². The van der Waals surface area contributed by atoms with E-state index in [-0.39, 0.29) is 12.3 Å². The van der Waals surface area contributed by atoms with Gasteiger partial charge in [0.2, 0.25) is 0 Å². The molecule has 2 heterocycles. The van der Waals surface area contributed by atoms with Crippen LogP contribution in [0.2, 0.25) is 5.02 Å². The SMILES string of the molecule is Cn1nnn(-c2cccc(Cl)c2COc2ccnnc2)c1=O. The molecule has 0 N–H and O–H groups in total. The van der Waals surface area contributed by atoms with Gasteiger partial charge in [-0.2, -0.15) is 19.6 Å². The van der Waals surface area contributed by atoms with E-state index in [0.29, 0.717) is 22.0 Å². The third-order valence-electron chi connectivity index (χ3n) is 2.98. The average molecular weight is 319 g/mol. The van der Waals surface area contributed by atoms with Crippen molar-refractivity contribution in [1.82, 2.24) is 30.0 Å². The quantitative estimate of drug-likeness (QED) is 0.713. The molecule has 0 atom stereocenters. The van der Waals surface area contributed by atoms with Gasteiger partial charge >= 0.3 is 5.69 Å². The van der Waals surface area contributed by atoms with Gasteiger partial charge in [0.25, 0.3) is 0 Å². The lowest BCUT2D eigenvalue weighted by Gasteiger charge is -2.11. The van der Waals surface area contributed by atoms with Gasteiger partial charge in [-0.05, 0) is 22.6 Å². The van der Waals surface area contributed by atoms with Gasteiger partial charge in [-0.3, -0.25) is 0 Å². The monoisotopic (exact) mass is 318 g/mol. The van der Waals surface area contributed by atoms with Crippen LogP contribution in [0.3, 0.4) is 0 Å². The standard InChI is InChI=1S/C13H11ClN6O2/c1-19-13(21)20(18-17-19)12-4-2-3-11(14)10(12)8-22-9-5-6-15-16-7-9/h2-7H,8H2,1H3. The number of rotatable bonds is 4. The Kier molecular flexibility index (Phi) is 3.84. The fraction of sp³-hybridized carbons (Fsp3) is 0.154. The minimum Gasteiger partial charge on any atom is -0.487 e. The van der Waals surface area contributed by atoms with E-state index in [2.05, 4.69) is 20.6 Å². The van der Waals surface area contributed by atoms with E-state index in [4.69, 9.17) is 16.3 Å². The molecule has 3 aromatic rings. The van der Waals surface area contributed by atoms with Gasteiger partial charge in [-0.25, -0.2) is 4.79 Å². The first-order valence-electron chi connectivity index (χ1n) is 6.33. The Labute approximate surface area is 129 Å². The van der Waals surface area contributed by atoms with Crippen LogP contribution < -0.4 is 10.4 Å². The first kappa shape index (κ1) is 14.2. The van der Waals surface area contributed by atoms with E-state index in [1.807, 2.05) is 0 Å². The summed E-state index contributed by atoms with van der Waals surface area (Å²) in [7, 11) is 1.52. The molecule has 0 aliphatic carbocycles. The van der Waals surface area contributed by atoms with Gasteiger partial charge in [-0.1, -0.05) is 17.7 Å². The number of halogens is 1. The van der Waals surface area contributed by atoms with Crippen LogP contribution in [-0.2, 0) is 13.7 Å². The van der Waals surface area contributed by atoms with E-state index < -0.39 is 0 Å². The van der Waals surface area contributed by atoms with E-state index in [1.54, 1.807) is 24.3 Å². The number of nitrogens with zero attached hydrogens (tertiary/aromatic N) is 6. The summed E-state index contributed by atoms with van der Waals surface area (Å²) in [5.74, 6) is 0.548. The van der Waals surface area contributed by atoms with Crippen LogP contribution in [-0.4, -0.2) is 30.0 Å². The van der Waals surface area contributed by atoms with Crippen molar-refractivity contribution in [2.24, 2.45) is 7.05 Å². The summed E-state index contributed by atoms with van der Waals surface area (Å²) >= 11 is 6.23. The van der Waals surface area contributed by atoms with Gasteiger partial charge in [0.15, 0.2) is 0 Å². The molecule has 8 nitrogen and oxygen atoms in total. The van der Waals surface area contributed by atoms with Crippen LogP contribution >= 0.6 is 11.6 Å². The molecule has 0 saturated carbocycles. The predicted octanol–water partition coefficient (Wildman–Crippen LogP) is 0.988. The van der Waals surface area contributed by atoms with E-state index in [0.717, 1.165) is 4.68 Å². The molecule has 1 aromatic carbocycles. The van der Waals surface area contributed by atoms with Crippen molar-refractivity contribution in [3.63, 3.8) is 0 Å². The van der Waals surface area contributed by atoms with E-state index >= 15 is 0 Å². The molecule has 0 fully saturated rings. The first-order valence-corrected chi connectivity index (χ1v) is 6.71. The maximum atomic E-state index is 12.0. The summed E-state index contributed by atoms with van der Waals surface area (Å²) in [6, 6.07) is 6.86. The lowest BCUT2D eigenvalue weighted by Crippen LogP contribution is -2.23. The molecule has 0 saturated heterocycles. The van der Waals surface area contributed by atoms with Crippen molar-refractivity contribution in [2.75, 3.05) is 0 Å². The second-order valence-electron chi connectivity index (χ2n) is 4.40. The summed E-state index contributed by atoms with van der Waals surface area (Å²) in [6.07, 6.45) is 3.01. The molecule has 0 bridgehead atoms. The summed E-state index contributed by atoms with van der Waals surface area (Å²) in [5, 5.41) is 15.4. The highest BCUT2D eigenvalue weighted by molar-refractivity contribution is 6.31. The lowest BCUT2D eigenvalue weighted by atomic mass is 10.2. The molecule has 3 rings (SSSR count). The van der Waals surface area contributed by atoms with Crippen LogP contribution in [0.15, 0.2) is 41.5 Å². The molecule has 112 valence electrons. The Morgan fingerprint density at radius 3 is 2.77 bits per heavy atom. The molecule has 22 heavy (non-hydrogen) atoms. The third-order valence-corrected chi connectivity index (χ3v) is 3.34. The highest BCUT2D eigenvalue weighted by atomic mass is 35.5. The van der Waals surface area contributed by atoms with Crippen molar-refractivity contribution in [3.05, 3.63) is 57.7 Å². The van der Waals surface area contributed by atoms with Gasteiger partial charge in [-0.15, -0.1) is 0 Å². The second-order valence-corrected chi connectivity index (χ2v) is 4.81. The summed E-state index contributed by atoms with van der Waals surface area (Å²) in [4.78, 5) is 12.0. The Morgan fingerprint density at radius 2 is 2.09 bits per heavy atom. The van der Waals surface area contributed by atoms with Crippen LogP contribution in [0.5, 0.6) is 5.75 Å². The van der Waals surface area contributed by atoms with Crippen LogP contribution in [0, 0.1) is 0 Å². The Balaban J connectivity index is 1.97. The largest absolute Gasteiger partial charge is 0.487 e. The van der Waals surface area contributed by atoms with Crippen LogP contribution in [0.25, 0.3) is 5.69 Å². The summed E-state index contributed by atoms with van der Waals surface area (Å²) in [5.41, 5.74) is 0.783. The van der Waals surface area contributed by atoms with E-state index in [1.165, 1.54) is 24.1 Å². The maximum Gasteiger partial charge on any atom is 0.368 e. The fourth-order valence-corrected chi connectivity index (χ4v) is 2.10. The Hall–Kier alpha value is -2.74. The zero-order chi connectivity index (χ0) is 15.5. The third kappa shape index (κ3) is 2.68. The second kappa shape index (κ2) is 5.94. The van der Waals surface area contributed by atoms with E-state index in [9.17, 15) is 4.79 Å². The maximum absolute atomic E-state index is 12.0. The highest BCUT2D eigenvalue weighted by Gasteiger charge is 2.14. The molecule has 0 aliphatic rings. The summed E-state index contributed by atoms with van der Waals surface area (Å²) < 4.78 is 7.94. The molecule has 0 unspecified atom stereocenters. The van der Waals surface area contributed by atoms with Gasteiger partial charge in [0.1, 0.15) is 12.4 Å². The van der Waals surface area contributed by atoms with Gasteiger partial charge in [0, 0.05) is 23.7 Å². The zero-order valence-electron chi connectivity index (χ0n) is 11.5. The van der Waals surface area contributed by atoms with Crippen molar-refractivity contribution < 1.29 is 4.74 Å². The summed E-state index contributed by atoms with van der Waals surface area (Å²) in [6.45, 7) is 0.156. The van der Waals surface area contributed by atoms with Crippen molar-refractivity contribution in [1.29, 1.82) is 0 Å². The van der Waals surface area contributed by atoms with Crippen molar-refractivity contribution in [3.8, 4) is 11.4 Å². The molecular formula is C13H11ClN6O2. The normalized spacial score (nSPS) is 10.6. The minimum atomic E-state index is -0.367. The molecular weight excluding hydrogens is 308 g/mol. The Morgan fingerprint density at radius 1 is 1.23 bits per heavy atom.